The van der Waals surface area contributed by atoms with Crippen molar-refractivity contribution in [2.45, 2.75) is 20.3 Å². The molecule has 0 saturated heterocycles. The van der Waals surface area contributed by atoms with Crippen LogP contribution in [-0.4, -0.2) is 79.2 Å². The molecular weight excluding hydrogens is 266 g/mol. The van der Waals surface area contributed by atoms with Crippen molar-refractivity contribution < 1.29 is 33.8 Å². The molecule has 118 valence electrons. The smallest absolute Gasteiger partial charge is 0.361 e. The molecule has 2 N–H and O–H groups in total. The van der Waals surface area contributed by atoms with Crippen LogP contribution in [0.2, 0.25) is 0 Å². The minimum Gasteiger partial charge on any atom is -0.462 e. The van der Waals surface area contributed by atoms with Crippen molar-refractivity contribution in [3.8, 4) is 0 Å². The molecule has 0 unspecified atom stereocenters. The summed E-state index contributed by atoms with van der Waals surface area (Å²) >= 11 is 0. The number of aliphatic hydroxyl groups is 2. The molecule has 0 bridgehead atoms. The summed E-state index contributed by atoms with van der Waals surface area (Å²) in [6, 6.07) is 0. The number of ether oxygens (including phenoxy) is 2. The molecule has 0 saturated carbocycles. The molecule has 20 heavy (non-hydrogen) atoms. The summed E-state index contributed by atoms with van der Waals surface area (Å²) in [5, 5.41) is 18.2. The lowest BCUT2D eigenvalue weighted by atomic mass is 10.2. The van der Waals surface area contributed by atoms with E-state index in [0.29, 0.717) is 13.0 Å². The van der Waals surface area contributed by atoms with Gasteiger partial charge in [0.25, 0.3) is 0 Å². The van der Waals surface area contributed by atoms with Crippen LogP contribution in [0.1, 0.15) is 20.3 Å². The normalized spacial score (nSPS) is 11.2. The number of nitrogens with zero attached hydrogens (tertiary/aromatic N) is 1. The van der Waals surface area contributed by atoms with Crippen LogP contribution in [0.25, 0.3) is 0 Å². The number of quaternary nitrogens is 1. The summed E-state index contributed by atoms with van der Waals surface area (Å²) in [7, 11) is 0. The minimum absolute atomic E-state index is 0.0206. The minimum atomic E-state index is -0.428. The fraction of sp³-hybridized carbons (Fsp3) is 0.846. The number of carbonyl (C=O) groups excluding carboxylic acids is 2. The van der Waals surface area contributed by atoms with Gasteiger partial charge < -0.3 is 24.2 Å². The standard InChI is InChI=1S/C13H26NO6/c1-3-19-12(17)10-14(7-9-16,6-5-8-15)11-13(18)20-4-2/h15-16H,3-11H2,1-2H3/q+1. The van der Waals surface area contributed by atoms with E-state index in [0.717, 1.165) is 0 Å². The second-order valence-corrected chi connectivity index (χ2v) is 4.52. The predicted octanol–water partition coefficient (Wildman–Crippen LogP) is -0.696. The van der Waals surface area contributed by atoms with E-state index < -0.39 is 11.9 Å². The van der Waals surface area contributed by atoms with E-state index in [-0.39, 0.29) is 50.5 Å². The second-order valence-electron chi connectivity index (χ2n) is 4.52. The molecule has 0 aromatic carbocycles. The molecule has 0 radical (unpaired) electrons. The third kappa shape index (κ3) is 7.42. The Kier molecular flexibility index (Phi) is 9.96. The van der Waals surface area contributed by atoms with Gasteiger partial charge in [0.15, 0.2) is 13.1 Å². The lowest BCUT2D eigenvalue weighted by Crippen LogP contribution is -2.56. The average molecular weight is 292 g/mol. The zero-order valence-electron chi connectivity index (χ0n) is 12.3. The van der Waals surface area contributed by atoms with Gasteiger partial charge in [0.05, 0.1) is 26.4 Å². The van der Waals surface area contributed by atoms with Gasteiger partial charge in [-0.1, -0.05) is 0 Å². The van der Waals surface area contributed by atoms with Gasteiger partial charge in [0, 0.05) is 13.0 Å². The van der Waals surface area contributed by atoms with Gasteiger partial charge >= 0.3 is 11.9 Å². The number of rotatable bonds is 11. The summed E-state index contributed by atoms with van der Waals surface area (Å²) in [6.07, 6.45) is 0.429. The summed E-state index contributed by atoms with van der Waals surface area (Å²) in [5.74, 6) is -0.855. The molecule has 0 amide bonds. The number of hydrogen-bond donors (Lipinski definition) is 2. The molecule has 0 aliphatic carbocycles. The van der Waals surface area contributed by atoms with Gasteiger partial charge in [-0.2, -0.15) is 0 Å². The van der Waals surface area contributed by atoms with E-state index >= 15 is 0 Å². The van der Waals surface area contributed by atoms with Gasteiger partial charge in [-0.05, 0) is 13.8 Å². The summed E-state index contributed by atoms with van der Waals surface area (Å²) in [5.41, 5.74) is 0. The second kappa shape index (κ2) is 10.6. The van der Waals surface area contributed by atoms with Crippen molar-refractivity contribution in [2.24, 2.45) is 0 Å². The Balaban J connectivity index is 4.90. The highest BCUT2D eigenvalue weighted by molar-refractivity contribution is 5.73. The zero-order valence-corrected chi connectivity index (χ0v) is 12.3. The maximum atomic E-state index is 11.7. The Morgan fingerprint density at radius 1 is 0.900 bits per heavy atom. The Bertz CT molecular complexity index is 275. The molecule has 0 aliphatic heterocycles. The first-order valence-corrected chi connectivity index (χ1v) is 6.91. The Morgan fingerprint density at radius 3 is 1.75 bits per heavy atom. The summed E-state index contributed by atoms with van der Waals surface area (Å²) in [6.45, 7) is 4.32. The van der Waals surface area contributed by atoms with Crippen molar-refractivity contribution in [1.82, 2.24) is 0 Å². The van der Waals surface area contributed by atoms with Crippen LogP contribution in [-0.2, 0) is 19.1 Å². The highest BCUT2D eigenvalue weighted by atomic mass is 16.5. The predicted molar refractivity (Wildman–Crippen MR) is 71.8 cm³/mol. The van der Waals surface area contributed by atoms with Gasteiger partial charge in [-0.15, -0.1) is 0 Å². The van der Waals surface area contributed by atoms with E-state index in [1.807, 2.05) is 0 Å². The topological polar surface area (TPSA) is 93.1 Å². The van der Waals surface area contributed by atoms with Gasteiger partial charge in [-0.25, -0.2) is 9.59 Å². The molecule has 0 rings (SSSR count). The molecule has 0 atom stereocenters. The van der Waals surface area contributed by atoms with Gasteiger partial charge in [0.1, 0.15) is 6.54 Å². The van der Waals surface area contributed by atoms with Crippen LogP contribution in [0.4, 0.5) is 0 Å². The molecular formula is C13H26NO6+. The van der Waals surface area contributed by atoms with Gasteiger partial charge in [0.2, 0.25) is 0 Å². The summed E-state index contributed by atoms with van der Waals surface area (Å²) in [4.78, 5) is 23.4. The SMILES string of the molecule is CCOC(=O)C[N+](CCO)(CCCO)CC(=O)OCC. The lowest BCUT2D eigenvalue weighted by molar-refractivity contribution is -0.915. The van der Waals surface area contributed by atoms with Gasteiger partial charge in [-0.3, -0.25) is 0 Å². The molecule has 0 spiro atoms. The largest absolute Gasteiger partial charge is 0.462 e. The van der Waals surface area contributed by atoms with Crippen LogP contribution >= 0.6 is 0 Å². The first-order valence-electron chi connectivity index (χ1n) is 6.91. The van der Waals surface area contributed by atoms with Crippen molar-refractivity contribution in [1.29, 1.82) is 0 Å². The molecule has 0 aromatic heterocycles. The fourth-order valence-corrected chi connectivity index (χ4v) is 2.06. The number of aliphatic hydroxyl groups excluding tert-OH is 2. The first-order chi connectivity index (χ1) is 9.53. The molecule has 0 aliphatic rings. The zero-order chi connectivity index (χ0) is 15.4. The van der Waals surface area contributed by atoms with E-state index in [1.54, 1.807) is 13.8 Å². The average Bonchev–Trinajstić information content (AvgIpc) is 2.37. The lowest BCUT2D eigenvalue weighted by Gasteiger charge is -2.36. The monoisotopic (exact) mass is 292 g/mol. The van der Waals surface area contributed by atoms with E-state index in [1.165, 1.54) is 0 Å². The van der Waals surface area contributed by atoms with Crippen molar-refractivity contribution in [2.75, 3.05) is 52.6 Å². The molecule has 7 nitrogen and oxygen atoms in total. The molecule has 7 heteroatoms. The van der Waals surface area contributed by atoms with Crippen LogP contribution in [0.3, 0.4) is 0 Å². The molecule has 0 heterocycles. The fourth-order valence-electron chi connectivity index (χ4n) is 2.06. The molecule has 0 aromatic rings. The third-order valence-electron chi connectivity index (χ3n) is 2.90. The van der Waals surface area contributed by atoms with Crippen molar-refractivity contribution in [3.05, 3.63) is 0 Å². The number of hydrogen-bond acceptors (Lipinski definition) is 6. The maximum absolute atomic E-state index is 11.7. The molecule has 0 fully saturated rings. The summed E-state index contributed by atoms with van der Waals surface area (Å²) < 4.78 is 9.87. The van der Waals surface area contributed by atoms with Crippen LogP contribution < -0.4 is 0 Å². The highest BCUT2D eigenvalue weighted by Crippen LogP contribution is 2.10. The van der Waals surface area contributed by atoms with E-state index in [9.17, 15) is 14.7 Å². The van der Waals surface area contributed by atoms with Crippen molar-refractivity contribution in [3.63, 3.8) is 0 Å². The van der Waals surface area contributed by atoms with E-state index in [4.69, 9.17) is 14.6 Å². The van der Waals surface area contributed by atoms with Crippen LogP contribution in [0, 0.1) is 0 Å². The maximum Gasteiger partial charge on any atom is 0.361 e. The quantitative estimate of drug-likeness (QED) is 0.386. The Hall–Kier alpha value is -1.18. The third-order valence-corrected chi connectivity index (χ3v) is 2.90. The Labute approximate surface area is 119 Å². The first kappa shape index (κ1) is 18.8. The number of carbonyl (C=O) groups is 2. The Morgan fingerprint density at radius 2 is 1.40 bits per heavy atom. The van der Waals surface area contributed by atoms with Crippen LogP contribution in [0.5, 0.6) is 0 Å². The van der Waals surface area contributed by atoms with Crippen molar-refractivity contribution >= 4 is 11.9 Å². The van der Waals surface area contributed by atoms with Crippen LogP contribution in [0.15, 0.2) is 0 Å². The highest BCUT2D eigenvalue weighted by Gasteiger charge is 2.33. The number of esters is 2. The van der Waals surface area contributed by atoms with E-state index in [2.05, 4.69) is 0 Å².